The van der Waals surface area contributed by atoms with Crippen LogP contribution in [-0.2, 0) is 4.79 Å². The first-order valence-electron chi connectivity index (χ1n) is 8.46. The number of carbonyl (C=O) groups is 1. The van der Waals surface area contributed by atoms with Crippen molar-refractivity contribution in [1.82, 2.24) is 10.2 Å². The van der Waals surface area contributed by atoms with Crippen LogP contribution in [-0.4, -0.2) is 66.4 Å². The van der Waals surface area contributed by atoms with Crippen LogP contribution >= 0.6 is 0 Å². The Morgan fingerprint density at radius 1 is 0.794 bits per heavy atom. The summed E-state index contributed by atoms with van der Waals surface area (Å²) >= 11 is 0. The molecule has 1 atom stereocenters. The molecule has 0 bridgehead atoms. The van der Waals surface area contributed by atoms with E-state index in [2.05, 4.69) is 0 Å². The van der Waals surface area contributed by atoms with E-state index in [9.17, 15) is 79.4 Å². The number of nitrogens with zero attached hydrogens (tertiary/aromatic N) is 1. The molecule has 0 aromatic rings. The van der Waals surface area contributed by atoms with Crippen molar-refractivity contribution in [2.45, 2.75) is 68.8 Å². The average Bonchev–Trinajstić information content (AvgIpc) is 2.58. The second kappa shape index (κ2) is 10.1. The van der Waals surface area contributed by atoms with Gasteiger partial charge >= 0.3 is 42.6 Å². The third kappa shape index (κ3) is 5.72. The van der Waals surface area contributed by atoms with Gasteiger partial charge in [0.05, 0.1) is 0 Å². The van der Waals surface area contributed by atoms with Crippen LogP contribution in [0.3, 0.4) is 0 Å². The van der Waals surface area contributed by atoms with Crippen molar-refractivity contribution in [3.8, 4) is 0 Å². The highest BCUT2D eigenvalue weighted by Gasteiger charge is 2.84. The fraction of sp³-hybridized carbons (Fsp3) is 0.929. The third-order valence-corrected chi connectivity index (χ3v) is 4.05. The van der Waals surface area contributed by atoms with Gasteiger partial charge in [0.15, 0.2) is 5.92 Å². The monoisotopic (exact) mass is 548 g/mol. The molecule has 0 rings (SSSR count). The molecule has 0 aromatic heterocycles. The Hall–Kier alpha value is -1.76. The molecule has 1 amide bonds. The Morgan fingerprint density at radius 3 is 1.56 bits per heavy atom. The van der Waals surface area contributed by atoms with Gasteiger partial charge in [-0.1, -0.05) is 18.2 Å². The number of nitrogens with one attached hydrogen (secondary N) is 1. The smallest absolute Gasteiger partial charge is 0.351 e. The molecule has 34 heavy (non-hydrogen) atoms. The van der Waals surface area contributed by atoms with Crippen molar-refractivity contribution < 1.29 is 79.4 Å². The molecule has 204 valence electrons. The molecule has 20 heteroatoms. The summed E-state index contributed by atoms with van der Waals surface area (Å²) in [5, 5.41) is 0.944. The summed E-state index contributed by atoms with van der Waals surface area (Å²) < 4.78 is 225. The second-order valence-corrected chi connectivity index (χ2v) is 6.47. The summed E-state index contributed by atoms with van der Waals surface area (Å²) in [6, 6.07) is -15.5. The Balaban J connectivity index is 6.82. The lowest BCUT2D eigenvalue weighted by Crippen LogP contribution is -2.72. The van der Waals surface area contributed by atoms with Gasteiger partial charge in [-0.15, -0.1) is 0 Å². The number of hydrogen-bond donors (Lipinski definition) is 1. The maximum Gasteiger partial charge on any atom is 0.469 e. The molecule has 0 saturated carbocycles. The average molecular weight is 548 g/mol. The highest BCUT2D eigenvalue weighted by atomic mass is 19.4. The van der Waals surface area contributed by atoms with Crippen LogP contribution in [0.15, 0.2) is 0 Å². The number of halogens is 17. The van der Waals surface area contributed by atoms with E-state index < -0.39 is 72.3 Å². The van der Waals surface area contributed by atoms with Crippen molar-refractivity contribution in [1.29, 1.82) is 0 Å². The zero-order chi connectivity index (χ0) is 27.7. The first kappa shape index (κ1) is 32.2. The molecule has 0 spiro atoms. The first-order chi connectivity index (χ1) is 14.9. The van der Waals surface area contributed by atoms with E-state index in [-0.39, 0.29) is 12.8 Å². The molecule has 0 aliphatic heterocycles. The minimum absolute atomic E-state index is 0.0812. The van der Waals surface area contributed by atoms with Gasteiger partial charge in [-0.25, -0.2) is 17.6 Å². The minimum atomic E-state index is -8.11. The van der Waals surface area contributed by atoms with Crippen molar-refractivity contribution in [2.24, 2.45) is 5.92 Å². The predicted molar refractivity (Wildman–Crippen MR) is 76.0 cm³/mol. The van der Waals surface area contributed by atoms with Gasteiger partial charge in [0.2, 0.25) is 0 Å². The topological polar surface area (TPSA) is 32.3 Å². The number of hydrogen-bond acceptors (Lipinski definition) is 2. The highest BCUT2D eigenvalue weighted by molar-refractivity contribution is 5.84. The van der Waals surface area contributed by atoms with Crippen LogP contribution in [0.25, 0.3) is 0 Å². The molecule has 0 saturated heterocycles. The van der Waals surface area contributed by atoms with Gasteiger partial charge in [0.1, 0.15) is 0 Å². The molecule has 0 heterocycles. The molecule has 1 unspecified atom stereocenters. The summed E-state index contributed by atoms with van der Waals surface area (Å²) in [6.07, 6.45) is -19.5. The van der Waals surface area contributed by atoms with E-state index in [1.54, 1.807) is 0 Å². The number of carbonyl (C=O) groups excluding carboxylic acids is 1. The van der Waals surface area contributed by atoms with E-state index in [0.29, 0.717) is 0 Å². The molecule has 1 N–H and O–H groups in total. The summed E-state index contributed by atoms with van der Waals surface area (Å²) in [5.41, 5.74) is 0. The van der Waals surface area contributed by atoms with Crippen LogP contribution in [0.2, 0.25) is 0 Å². The Morgan fingerprint density at radius 2 is 1.24 bits per heavy atom. The molecule has 0 fully saturated rings. The van der Waals surface area contributed by atoms with Gasteiger partial charge in [-0.05, 0) is 6.42 Å². The predicted octanol–water partition coefficient (Wildman–Crippen LogP) is 5.96. The largest absolute Gasteiger partial charge is 0.469 e. The van der Waals surface area contributed by atoms with Gasteiger partial charge < -0.3 is 5.32 Å². The number of alkyl halides is 17. The second-order valence-electron chi connectivity index (χ2n) is 6.47. The van der Waals surface area contributed by atoms with Gasteiger partial charge in [0, 0.05) is 6.54 Å². The lowest BCUT2D eigenvalue weighted by Gasteiger charge is -2.44. The van der Waals surface area contributed by atoms with E-state index in [1.165, 1.54) is 6.92 Å². The molecule has 0 aromatic carbocycles. The summed E-state index contributed by atoms with van der Waals surface area (Å²) in [4.78, 5) is 6.90. The van der Waals surface area contributed by atoms with E-state index in [0.717, 1.165) is 5.32 Å². The van der Waals surface area contributed by atoms with Crippen molar-refractivity contribution in [3.63, 3.8) is 0 Å². The van der Waals surface area contributed by atoms with Crippen LogP contribution in [0.4, 0.5) is 74.6 Å². The van der Waals surface area contributed by atoms with Crippen LogP contribution in [0, 0.1) is 5.92 Å². The fourth-order valence-electron chi connectivity index (χ4n) is 2.33. The van der Waals surface area contributed by atoms with E-state index >= 15 is 0 Å². The van der Waals surface area contributed by atoms with Gasteiger partial charge in [0.25, 0.3) is 12.3 Å². The highest BCUT2D eigenvalue weighted by Crippen LogP contribution is 2.58. The zero-order valence-electron chi connectivity index (χ0n) is 16.1. The Kier molecular flexibility index (Phi) is 9.56. The molecule has 3 nitrogen and oxygen atoms in total. The number of unbranched alkanes of at least 4 members (excludes halogenated alkanes) is 1. The third-order valence-electron chi connectivity index (χ3n) is 4.05. The summed E-state index contributed by atoms with van der Waals surface area (Å²) in [7, 11) is 0. The van der Waals surface area contributed by atoms with Crippen LogP contribution < -0.4 is 5.32 Å². The zero-order valence-corrected chi connectivity index (χ0v) is 16.1. The van der Waals surface area contributed by atoms with Crippen molar-refractivity contribution in [2.75, 3.05) is 6.54 Å². The minimum Gasteiger partial charge on any atom is -0.351 e. The van der Waals surface area contributed by atoms with E-state index in [1.807, 2.05) is 0 Å². The maximum absolute atomic E-state index is 14.0. The molecule has 0 aliphatic carbocycles. The van der Waals surface area contributed by atoms with E-state index in [4.69, 9.17) is 0 Å². The Bertz CT molecular complexity index is 690. The molecule has 0 radical (unpaired) electrons. The molecule has 0 aliphatic rings. The fourth-order valence-corrected chi connectivity index (χ4v) is 2.33. The maximum atomic E-state index is 14.0. The molecular formula is C14H13F17N2O. The van der Waals surface area contributed by atoms with Gasteiger partial charge in [-0.3, -0.25) is 4.79 Å². The SMILES string of the molecule is CCCCNC(=O)C(F)(F)C(F)(F)C(C(F)F)C(F)(F)C(F)(F)N(C(F)(F)F)C(F)(F)C(F)F. The lowest BCUT2D eigenvalue weighted by atomic mass is 9.87. The summed E-state index contributed by atoms with van der Waals surface area (Å²) in [6.45, 7) is 0.436. The van der Waals surface area contributed by atoms with Crippen molar-refractivity contribution in [3.05, 3.63) is 0 Å². The van der Waals surface area contributed by atoms with Crippen LogP contribution in [0.1, 0.15) is 19.8 Å². The quantitative estimate of drug-likeness (QED) is 0.186. The standard InChI is InChI=1S/C14H13F17N2O/c1-2-3-4-32-8(34)11(23,24)9(19,20)5(6(15)16)10(21,22)13(27,28)33(14(29,30)31)12(25,26)7(17)18/h5-7H,2-4H2,1H3,(H,32,34). The summed E-state index contributed by atoms with van der Waals surface area (Å²) in [5.74, 6) is -31.6. The normalized spacial score (nSPS) is 15.9. The lowest BCUT2D eigenvalue weighted by molar-refractivity contribution is -0.471. The number of rotatable bonds is 12. The van der Waals surface area contributed by atoms with Gasteiger partial charge in [-0.2, -0.15) is 57.1 Å². The number of amides is 1. The molecular weight excluding hydrogens is 535 g/mol. The Labute approximate surface area is 178 Å². The van der Waals surface area contributed by atoms with Crippen LogP contribution in [0.5, 0.6) is 0 Å². The van der Waals surface area contributed by atoms with Crippen molar-refractivity contribution >= 4 is 5.91 Å². The first-order valence-corrected chi connectivity index (χ1v) is 8.46.